The fraction of sp³-hybridized carbons (Fsp3) is 0.167. The van der Waals surface area contributed by atoms with Crippen LogP contribution in [-0.2, 0) is 0 Å². The molecule has 0 unspecified atom stereocenters. The van der Waals surface area contributed by atoms with Crippen molar-refractivity contribution < 1.29 is 0 Å². The van der Waals surface area contributed by atoms with E-state index in [1.807, 2.05) is 25.1 Å². The highest BCUT2D eigenvalue weighted by Gasteiger charge is 1.82. The van der Waals surface area contributed by atoms with Crippen molar-refractivity contribution in [3.8, 4) is 0 Å². The van der Waals surface area contributed by atoms with E-state index in [4.69, 9.17) is 0 Å². The first kappa shape index (κ1) is 8.79. The van der Waals surface area contributed by atoms with Gasteiger partial charge in [-0.3, -0.25) is 0 Å². The molecule has 0 aromatic heterocycles. The molecule has 0 heterocycles. The van der Waals surface area contributed by atoms with Crippen LogP contribution in [0.25, 0.3) is 6.08 Å². The maximum absolute atomic E-state index is 3.84. The fourth-order valence-electron chi connectivity index (χ4n) is 0.960. The second-order valence-corrected chi connectivity index (χ2v) is 2.97. The topological polar surface area (TPSA) is 0 Å². The minimum absolute atomic E-state index is 0.967. The normalized spacial score (nSPS) is 10.4. The summed E-state index contributed by atoms with van der Waals surface area (Å²) in [4.78, 5) is 0. The monoisotopic (exact) mass is 158 g/mol. The lowest BCUT2D eigenvalue weighted by Crippen LogP contribution is -1.70. The lowest BCUT2D eigenvalue weighted by Gasteiger charge is -1.91. The van der Waals surface area contributed by atoms with E-state index in [0.29, 0.717) is 0 Å². The lowest BCUT2D eigenvalue weighted by atomic mass is 10.1. The van der Waals surface area contributed by atoms with Gasteiger partial charge in [0.15, 0.2) is 0 Å². The Morgan fingerprint density at radius 2 is 2.00 bits per heavy atom. The summed E-state index contributed by atoms with van der Waals surface area (Å²) < 4.78 is 0. The van der Waals surface area contributed by atoms with Crippen molar-refractivity contribution in [2.45, 2.75) is 13.3 Å². The van der Waals surface area contributed by atoms with Gasteiger partial charge in [0, 0.05) is 0 Å². The molecular weight excluding hydrogens is 144 g/mol. The van der Waals surface area contributed by atoms with E-state index >= 15 is 0 Å². The predicted octanol–water partition coefficient (Wildman–Crippen LogP) is 3.67. The molecule has 0 N–H and O–H groups in total. The average molecular weight is 158 g/mol. The van der Waals surface area contributed by atoms with E-state index in [1.165, 1.54) is 11.1 Å². The highest BCUT2D eigenvalue weighted by Crippen LogP contribution is 2.04. The van der Waals surface area contributed by atoms with Crippen molar-refractivity contribution in [3.63, 3.8) is 0 Å². The Bertz CT molecular complexity index is 267. The average Bonchev–Trinajstić information content (AvgIpc) is 2.05. The molecule has 1 rings (SSSR count). The molecule has 1 aromatic carbocycles. The van der Waals surface area contributed by atoms with Gasteiger partial charge in [0.25, 0.3) is 0 Å². The van der Waals surface area contributed by atoms with E-state index in [2.05, 4.69) is 30.9 Å². The number of hydrogen-bond acceptors (Lipinski definition) is 0. The van der Waals surface area contributed by atoms with Gasteiger partial charge >= 0.3 is 0 Å². The highest BCUT2D eigenvalue weighted by molar-refractivity contribution is 5.48. The van der Waals surface area contributed by atoms with E-state index in [-0.39, 0.29) is 0 Å². The van der Waals surface area contributed by atoms with E-state index < -0.39 is 0 Å². The van der Waals surface area contributed by atoms with E-state index in [0.717, 1.165) is 6.42 Å². The molecule has 0 fully saturated rings. The van der Waals surface area contributed by atoms with Crippen molar-refractivity contribution in [1.29, 1.82) is 0 Å². The maximum Gasteiger partial charge on any atom is -0.0141 e. The summed E-state index contributed by atoms with van der Waals surface area (Å²) >= 11 is 0. The Balaban J connectivity index is 2.52. The molecule has 0 nitrogen and oxygen atoms in total. The molecular formula is C12H14. The Hall–Kier alpha value is -1.30. The quantitative estimate of drug-likeness (QED) is 0.589. The summed E-state index contributed by atoms with van der Waals surface area (Å²) in [6.45, 7) is 5.87. The summed E-state index contributed by atoms with van der Waals surface area (Å²) in [6.07, 6.45) is 5.22. The van der Waals surface area contributed by atoms with Crippen LogP contribution in [0.4, 0.5) is 0 Å². The van der Waals surface area contributed by atoms with Crippen molar-refractivity contribution in [3.05, 3.63) is 54.1 Å². The third kappa shape index (κ3) is 3.20. The van der Waals surface area contributed by atoms with Crippen LogP contribution in [0.1, 0.15) is 18.9 Å². The van der Waals surface area contributed by atoms with Crippen LogP contribution in [0.2, 0.25) is 0 Å². The molecule has 0 spiro atoms. The van der Waals surface area contributed by atoms with Gasteiger partial charge in [0.1, 0.15) is 0 Å². The molecule has 0 saturated heterocycles. The summed E-state index contributed by atoms with van der Waals surface area (Å²) in [5.41, 5.74) is 2.45. The van der Waals surface area contributed by atoms with Crippen LogP contribution >= 0.6 is 0 Å². The van der Waals surface area contributed by atoms with Gasteiger partial charge < -0.3 is 0 Å². The Labute approximate surface area is 74.2 Å². The van der Waals surface area contributed by atoms with Gasteiger partial charge in [-0.05, 0) is 18.9 Å². The van der Waals surface area contributed by atoms with E-state index in [9.17, 15) is 0 Å². The molecule has 12 heavy (non-hydrogen) atoms. The minimum Gasteiger partial charge on any atom is -0.0998 e. The molecule has 0 bridgehead atoms. The van der Waals surface area contributed by atoms with Gasteiger partial charge in [0.05, 0.1) is 0 Å². The van der Waals surface area contributed by atoms with Crippen LogP contribution in [0.3, 0.4) is 0 Å². The van der Waals surface area contributed by atoms with Crippen molar-refractivity contribution in [2.75, 3.05) is 0 Å². The Morgan fingerprint density at radius 1 is 1.33 bits per heavy atom. The molecule has 0 amide bonds. The van der Waals surface area contributed by atoms with Gasteiger partial charge in [0.2, 0.25) is 0 Å². The van der Waals surface area contributed by atoms with Gasteiger partial charge in [-0.25, -0.2) is 0 Å². The van der Waals surface area contributed by atoms with Crippen molar-refractivity contribution in [1.82, 2.24) is 0 Å². The smallest absolute Gasteiger partial charge is 0.0141 e. The first-order valence-electron chi connectivity index (χ1n) is 4.15. The summed E-state index contributed by atoms with van der Waals surface area (Å²) in [5, 5.41) is 0. The molecule has 0 saturated carbocycles. The summed E-state index contributed by atoms with van der Waals surface area (Å²) in [7, 11) is 0. The maximum atomic E-state index is 3.84. The number of allylic oxidation sites excluding steroid dienone is 2. The van der Waals surface area contributed by atoms with Crippen LogP contribution in [0, 0.1) is 0 Å². The largest absolute Gasteiger partial charge is 0.0998 e. The predicted molar refractivity (Wildman–Crippen MR) is 54.9 cm³/mol. The van der Waals surface area contributed by atoms with Gasteiger partial charge in [-0.2, -0.15) is 0 Å². The van der Waals surface area contributed by atoms with Crippen LogP contribution in [0.15, 0.2) is 48.6 Å². The number of rotatable bonds is 3. The molecule has 0 aliphatic rings. The van der Waals surface area contributed by atoms with Crippen molar-refractivity contribution >= 4 is 6.08 Å². The second kappa shape index (κ2) is 4.55. The second-order valence-electron chi connectivity index (χ2n) is 2.97. The molecule has 0 atom stereocenters. The molecule has 0 aliphatic heterocycles. The number of benzene rings is 1. The molecule has 1 aromatic rings. The standard InChI is InChI=1S/C12H14/c1-11(2)7-6-10-12-8-4-3-5-9-12/h3-6,8-10H,1,7H2,2H3/b10-6-. The van der Waals surface area contributed by atoms with E-state index in [1.54, 1.807) is 0 Å². The fourth-order valence-corrected chi connectivity index (χ4v) is 0.960. The first-order valence-corrected chi connectivity index (χ1v) is 4.15. The summed E-state index contributed by atoms with van der Waals surface area (Å²) in [6, 6.07) is 10.3. The Kier molecular flexibility index (Phi) is 3.34. The molecule has 0 heteroatoms. The first-order chi connectivity index (χ1) is 5.79. The zero-order chi connectivity index (χ0) is 8.81. The Morgan fingerprint density at radius 3 is 2.58 bits per heavy atom. The highest BCUT2D eigenvalue weighted by atomic mass is 13.9. The van der Waals surface area contributed by atoms with Gasteiger partial charge in [-0.1, -0.05) is 54.6 Å². The van der Waals surface area contributed by atoms with Crippen LogP contribution in [0.5, 0.6) is 0 Å². The van der Waals surface area contributed by atoms with Crippen LogP contribution in [-0.4, -0.2) is 0 Å². The summed E-state index contributed by atoms with van der Waals surface area (Å²) in [5.74, 6) is 0. The van der Waals surface area contributed by atoms with Crippen molar-refractivity contribution in [2.24, 2.45) is 0 Å². The zero-order valence-electron chi connectivity index (χ0n) is 7.46. The molecule has 62 valence electrons. The molecule has 0 aliphatic carbocycles. The zero-order valence-corrected chi connectivity index (χ0v) is 7.46. The third-order valence-electron chi connectivity index (χ3n) is 1.58. The van der Waals surface area contributed by atoms with Gasteiger partial charge in [-0.15, -0.1) is 0 Å². The minimum atomic E-state index is 0.967. The number of hydrogen-bond donors (Lipinski definition) is 0. The van der Waals surface area contributed by atoms with Crippen LogP contribution < -0.4 is 0 Å². The lowest BCUT2D eigenvalue weighted by molar-refractivity contribution is 1.23. The molecule has 0 radical (unpaired) electrons. The SMILES string of the molecule is C=C(C)C/C=C\c1ccccc1. The third-order valence-corrected chi connectivity index (χ3v) is 1.58.